The molecule has 0 unspecified atom stereocenters. The normalized spacial score (nSPS) is 16.1. The molecule has 9 heteroatoms. The molecule has 0 aliphatic carbocycles. The molecule has 1 fully saturated rings. The van der Waals surface area contributed by atoms with Gasteiger partial charge in [0, 0.05) is 22.5 Å². The number of benzene rings is 2. The number of carbonyl (C=O) groups excluding carboxylic acids is 2. The second-order valence-electron chi connectivity index (χ2n) is 9.58. The summed E-state index contributed by atoms with van der Waals surface area (Å²) in [4.78, 5) is 24.4. The predicted octanol–water partition coefficient (Wildman–Crippen LogP) is 4.57. The first kappa shape index (κ1) is 27.0. The summed E-state index contributed by atoms with van der Waals surface area (Å²) in [6.07, 6.45) is 0.816. The molecule has 3 rings (SSSR count). The van der Waals surface area contributed by atoms with Crippen molar-refractivity contribution < 1.29 is 28.4 Å². The van der Waals surface area contributed by atoms with Gasteiger partial charge in [0.05, 0.1) is 37.2 Å². The van der Waals surface area contributed by atoms with E-state index in [0.29, 0.717) is 34.8 Å². The Bertz CT molecular complexity index is 1070. The van der Waals surface area contributed by atoms with Crippen molar-refractivity contribution in [2.75, 3.05) is 25.6 Å². The summed E-state index contributed by atoms with van der Waals surface area (Å²) in [7, 11) is 0.705. The predicted molar refractivity (Wildman–Crippen MR) is 138 cm³/mol. The summed E-state index contributed by atoms with van der Waals surface area (Å²) in [5.74, 6) is 0.237. The van der Waals surface area contributed by atoms with Gasteiger partial charge >= 0.3 is 13.1 Å². The highest BCUT2D eigenvalue weighted by Gasteiger charge is 2.52. The summed E-state index contributed by atoms with van der Waals surface area (Å²) < 4.78 is 22.7. The molecule has 0 aromatic heterocycles. The van der Waals surface area contributed by atoms with Crippen molar-refractivity contribution in [3.63, 3.8) is 0 Å². The van der Waals surface area contributed by atoms with Crippen molar-refractivity contribution in [2.45, 2.75) is 58.7 Å². The fourth-order valence-corrected chi connectivity index (χ4v) is 3.83. The van der Waals surface area contributed by atoms with Crippen molar-refractivity contribution in [1.29, 1.82) is 0 Å². The second kappa shape index (κ2) is 11.0. The van der Waals surface area contributed by atoms with Crippen LogP contribution in [0, 0.1) is 6.92 Å². The minimum atomic E-state index is -0.658. The number of carbonyl (C=O) groups is 2. The summed E-state index contributed by atoms with van der Waals surface area (Å²) in [5, 5.41) is 3.69. The first-order valence-corrected chi connectivity index (χ1v) is 12.0. The van der Waals surface area contributed by atoms with Gasteiger partial charge in [-0.1, -0.05) is 29.8 Å². The van der Waals surface area contributed by atoms with E-state index in [1.165, 1.54) is 7.11 Å². The maximum absolute atomic E-state index is 13.1. The van der Waals surface area contributed by atoms with Crippen molar-refractivity contribution in [1.82, 2.24) is 0 Å². The van der Waals surface area contributed by atoms with Crippen LogP contribution in [0.3, 0.4) is 0 Å². The Morgan fingerprint density at radius 2 is 1.77 bits per heavy atom. The van der Waals surface area contributed by atoms with E-state index in [2.05, 4.69) is 10.1 Å². The number of hydrogen-bond acceptors (Lipinski definition) is 7. The van der Waals surface area contributed by atoms with E-state index in [0.717, 1.165) is 11.3 Å². The van der Waals surface area contributed by atoms with Gasteiger partial charge in [0.25, 0.3) is 0 Å². The third kappa shape index (κ3) is 6.37. The van der Waals surface area contributed by atoms with Gasteiger partial charge in [0.15, 0.2) is 5.78 Å². The van der Waals surface area contributed by atoms with E-state index < -0.39 is 18.3 Å². The molecule has 1 heterocycles. The zero-order valence-electron chi connectivity index (χ0n) is 21.2. The molecule has 0 radical (unpaired) electrons. The lowest BCUT2D eigenvalue weighted by Crippen LogP contribution is -2.41. The zero-order chi connectivity index (χ0) is 25.8. The minimum absolute atomic E-state index is 0.0633. The highest BCUT2D eigenvalue weighted by molar-refractivity contribution is 6.65. The number of ketones is 1. The van der Waals surface area contributed by atoms with Crippen LogP contribution in [-0.2, 0) is 18.8 Å². The van der Waals surface area contributed by atoms with Gasteiger partial charge in [-0.15, -0.1) is 0 Å². The third-order valence-corrected chi connectivity index (χ3v) is 6.84. The number of Topliss-reactive ketones (excluding diaryl/α,β-unsaturated/α-hetero) is 1. The summed E-state index contributed by atoms with van der Waals surface area (Å²) >= 11 is 6.44. The number of nitrogens with one attached hydrogen (secondary N) is 1. The third-order valence-electron chi connectivity index (χ3n) is 6.50. The van der Waals surface area contributed by atoms with E-state index in [1.54, 1.807) is 18.2 Å². The lowest BCUT2D eigenvalue weighted by molar-refractivity contribution is -0.140. The first-order chi connectivity index (χ1) is 16.4. The fourth-order valence-electron chi connectivity index (χ4n) is 3.63. The van der Waals surface area contributed by atoms with Crippen LogP contribution < -0.4 is 15.5 Å². The molecule has 1 N–H and O–H groups in total. The molecule has 7 nitrogen and oxygen atoms in total. The highest BCUT2D eigenvalue weighted by Crippen LogP contribution is 2.37. The molecular formula is C26H33BClNO6. The molecule has 2 aromatic rings. The van der Waals surface area contributed by atoms with E-state index in [9.17, 15) is 9.59 Å². The second-order valence-corrected chi connectivity index (χ2v) is 9.98. The van der Waals surface area contributed by atoms with Gasteiger partial charge in [0.2, 0.25) is 0 Å². The lowest BCUT2D eigenvalue weighted by Gasteiger charge is -2.32. The molecule has 1 aliphatic heterocycles. The van der Waals surface area contributed by atoms with Gasteiger partial charge in [0.1, 0.15) is 5.75 Å². The lowest BCUT2D eigenvalue weighted by atomic mass is 9.78. The van der Waals surface area contributed by atoms with Gasteiger partial charge in [-0.2, -0.15) is 0 Å². The molecule has 0 amide bonds. The van der Waals surface area contributed by atoms with Crippen LogP contribution in [0.1, 0.15) is 56.5 Å². The number of anilines is 1. The van der Waals surface area contributed by atoms with Crippen molar-refractivity contribution >= 4 is 41.6 Å². The van der Waals surface area contributed by atoms with Crippen LogP contribution in [0.5, 0.6) is 5.75 Å². The standard InChI is InChI=1S/C26H33BClNO6/c1-17-9-7-10-22(33-14-8-11-23(31)32-6)24(17)29-16-21(30)18-12-13-20(28)19(15-18)27-34-25(2,3)26(4,5)35-27/h7,9-10,12-13,15,29H,8,11,14,16H2,1-6H3. The molecular weight excluding hydrogens is 469 g/mol. The summed E-state index contributed by atoms with van der Waals surface area (Å²) in [6, 6.07) is 10.8. The number of para-hydroxylation sites is 1. The van der Waals surface area contributed by atoms with Crippen LogP contribution in [0.25, 0.3) is 0 Å². The van der Waals surface area contributed by atoms with E-state index in [-0.39, 0.29) is 24.7 Å². The largest absolute Gasteiger partial charge is 0.496 e. The number of methoxy groups -OCH3 is 1. The molecule has 188 valence electrons. The van der Waals surface area contributed by atoms with Gasteiger partial charge in [-0.3, -0.25) is 9.59 Å². The Morgan fingerprint density at radius 1 is 1.09 bits per heavy atom. The monoisotopic (exact) mass is 501 g/mol. The van der Waals surface area contributed by atoms with E-state index in [4.69, 9.17) is 25.6 Å². The topological polar surface area (TPSA) is 83.1 Å². The van der Waals surface area contributed by atoms with Crippen molar-refractivity contribution in [3.8, 4) is 5.75 Å². The molecule has 1 aliphatic rings. The Kier molecular flexibility index (Phi) is 8.52. The molecule has 35 heavy (non-hydrogen) atoms. The van der Waals surface area contributed by atoms with Crippen LogP contribution in [-0.4, -0.2) is 50.3 Å². The molecule has 1 saturated heterocycles. The Morgan fingerprint density at radius 3 is 2.43 bits per heavy atom. The Hall–Kier alpha value is -2.55. The molecule has 0 saturated carbocycles. The van der Waals surface area contributed by atoms with Crippen LogP contribution in [0.4, 0.5) is 5.69 Å². The SMILES string of the molecule is COC(=O)CCCOc1cccc(C)c1NCC(=O)c1ccc(Cl)c(B2OC(C)(C)C(C)(C)O2)c1. The average Bonchev–Trinajstić information content (AvgIpc) is 3.02. The summed E-state index contributed by atoms with van der Waals surface area (Å²) in [6.45, 7) is 10.2. The summed E-state index contributed by atoms with van der Waals surface area (Å²) in [5.41, 5.74) is 1.78. The molecule has 0 bridgehead atoms. The zero-order valence-corrected chi connectivity index (χ0v) is 22.0. The number of aryl methyl sites for hydroxylation is 1. The number of rotatable bonds is 10. The van der Waals surface area contributed by atoms with Crippen LogP contribution in [0.15, 0.2) is 36.4 Å². The molecule has 0 spiro atoms. The first-order valence-electron chi connectivity index (χ1n) is 11.7. The van der Waals surface area contributed by atoms with Crippen molar-refractivity contribution in [2.24, 2.45) is 0 Å². The molecule has 2 aromatic carbocycles. The maximum atomic E-state index is 13.1. The van der Waals surface area contributed by atoms with Gasteiger partial charge in [-0.25, -0.2) is 0 Å². The maximum Gasteiger partial charge on any atom is 0.496 e. The van der Waals surface area contributed by atoms with Gasteiger partial charge in [-0.05, 0) is 64.8 Å². The van der Waals surface area contributed by atoms with Gasteiger partial charge < -0.3 is 24.1 Å². The Balaban J connectivity index is 1.68. The Labute approximate surface area is 212 Å². The van der Waals surface area contributed by atoms with Crippen LogP contribution in [0.2, 0.25) is 5.02 Å². The number of ether oxygens (including phenoxy) is 2. The number of esters is 1. The van der Waals surface area contributed by atoms with E-state index in [1.807, 2.05) is 52.8 Å². The number of halogens is 1. The molecule has 0 atom stereocenters. The fraction of sp³-hybridized carbons (Fsp3) is 0.462. The van der Waals surface area contributed by atoms with Crippen molar-refractivity contribution in [3.05, 3.63) is 52.5 Å². The minimum Gasteiger partial charge on any atom is -0.491 e. The highest BCUT2D eigenvalue weighted by atomic mass is 35.5. The average molecular weight is 502 g/mol. The van der Waals surface area contributed by atoms with E-state index >= 15 is 0 Å². The van der Waals surface area contributed by atoms with Crippen LogP contribution >= 0.6 is 11.6 Å². The number of hydrogen-bond donors (Lipinski definition) is 1. The quantitative estimate of drug-likeness (QED) is 0.221. The smallest absolute Gasteiger partial charge is 0.491 e.